The highest BCUT2D eigenvalue weighted by Crippen LogP contribution is 2.35. The molecule has 0 spiro atoms. The van der Waals surface area contributed by atoms with Crippen LogP contribution in [0, 0.1) is 0 Å². The smallest absolute Gasteiger partial charge is 0.0303 e. The van der Waals surface area contributed by atoms with Crippen LogP contribution in [0.1, 0.15) is 31.9 Å². The minimum atomic E-state index is 0.370. The Morgan fingerprint density at radius 3 is 2.60 bits per heavy atom. The van der Waals surface area contributed by atoms with E-state index in [4.69, 9.17) is 0 Å². The summed E-state index contributed by atoms with van der Waals surface area (Å²) in [5.74, 6) is 0. The Kier molecular flexibility index (Phi) is 6.14. The summed E-state index contributed by atoms with van der Waals surface area (Å²) in [5.41, 5.74) is 1.36. The lowest BCUT2D eigenvalue weighted by Crippen LogP contribution is -2.19. The summed E-state index contributed by atoms with van der Waals surface area (Å²) in [6, 6.07) is 17.4. The summed E-state index contributed by atoms with van der Waals surface area (Å²) < 4.78 is 1.13. The number of nitrogens with one attached hydrogen (secondary N) is 1. The SMILES string of the molecule is CCCNC(C)c1ccc(Br)cc1Sc1ccccc1. The van der Waals surface area contributed by atoms with Gasteiger partial charge in [-0.15, -0.1) is 0 Å². The molecule has 106 valence electrons. The molecule has 1 nitrogen and oxygen atoms in total. The van der Waals surface area contributed by atoms with E-state index in [1.165, 1.54) is 15.4 Å². The zero-order valence-electron chi connectivity index (χ0n) is 11.9. The summed E-state index contributed by atoms with van der Waals surface area (Å²) in [5, 5.41) is 3.57. The number of benzene rings is 2. The summed E-state index contributed by atoms with van der Waals surface area (Å²) in [4.78, 5) is 2.58. The fraction of sp³-hybridized carbons (Fsp3) is 0.294. The van der Waals surface area contributed by atoms with E-state index in [-0.39, 0.29) is 0 Å². The summed E-state index contributed by atoms with van der Waals surface area (Å²) in [7, 11) is 0. The zero-order valence-corrected chi connectivity index (χ0v) is 14.3. The van der Waals surface area contributed by atoms with Crippen LogP contribution >= 0.6 is 27.7 Å². The van der Waals surface area contributed by atoms with Gasteiger partial charge in [0.1, 0.15) is 0 Å². The van der Waals surface area contributed by atoms with E-state index < -0.39 is 0 Å². The van der Waals surface area contributed by atoms with Crippen molar-refractivity contribution < 1.29 is 0 Å². The molecule has 2 aromatic rings. The second-order valence-corrected chi connectivity index (χ2v) is 6.80. The van der Waals surface area contributed by atoms with Crippen LogP contribution in [-0.2, 0) is 0 Å². The van der Waals surface area contributed by atoms with Crippen molar-refractivity contribution in [2.45, 2.75) is 36.1 Å². The molecule has 0 saturated heterocycles. The largest absolute Gasteiger partial charge is 0.310 e. The molecule has 0 aliphatic heterocycles. The average Bonchev–Trinajstić information content (AvgIpc) is 2.46. The topological polar surface area (TPSA) is 12.0 Å². The molecule has 0 aliphatic rings. The molecule has 0 amide bonds. The first-order valence-electron chi connectivity index (χ1n) is 6.96. The molecule has 2 aromatic carbocycles. The molecular weight excluding hydrogens is 330 g/mol. The van der Waals surface area contributed by atoms with Crippen molar-refractivity contribution in [2.24, 2.45) is 0 Å². The predicted molar refractivity (Wildman–Crippen MR) is 91.4 cm³/mol. The van der Waals surface area contributed by atoms with Gasteiger partial charge in [-0.05, 0) is 49.7 Å². The van der Waals surface area contributed by atoms with E-state index in [1.807, 2.05) is 11.8 Å². The molecule has 0 aromatic heterocycles. The molecule has 0 aliphatic carbocycles. The standard InChI is InChI=1S/C17H20BrNS/c1-3-11-19-13(2)16-10-9-14(18)12-17(16)20-15-7-5-4-6-8-15/h4-10,12-13,19H,3,11H2,1-2H3. The van der Waals surface area contributed by atoms with Crippen molar-refractivity contribution in [1.29, 1.82) is 0 Å². The molecule has 2 rings (SSSR count). The minimum absolute atomic E-state index is 0.370. The van der Waals surface area contributed by atoms with Gasteiger partial charge >= 0.3 is 0 Å². The van der Waals surface area contributed by atoms with Gasteiger partial charge in [-0.3, -0.25) is 0 Å². The van der Waals surface area contributed by atoms with Crippen LogP contribution in [0.4, 0.5) is 0 Å². The van der Waals surface area contributed by atoms with Gasteiger partial charge in [0.05, 0.1) is 0 Å². The zero-order chi connectivity index (χ0) is 14.4. The molecule has 0 heterocycles. The first kappa shape index (κ1) is 15.6. The Bertz CT molecular complexity index is 542. The quantitative estimate of drug-likeness (QED) is 0.721. The van der Waals surface area contributed by atoms with Gasteiger partial charge in [0.15, 0.2) is 0 Å². The van der Waals surface area contributed by atoms with Crippen molar-refractivity contribution in [3.05, 3.63) is 58.6 Å². The molecule has 0 radical (unpaired) electrons. The van der Waals surface area contributed by atoms with Gasteiger partial charge in [0, 0.05) is 20.3 Å². The highest BCUT2D eigenvalue weighted by atomic mass is 79.9. The van der Waals surface area contributed by atoms with Crippen molar-refractivity contribution in [1.82, 2.24) is 5.32 Å². The van der Waals surface area contributed by atoms with Crippen molar-refractivity contribution in [3.8, 4) is 0 Å². The monoisotopic (exact) mass is 349 g/mol. The lowest BCUT2D eigenvalue weighted by molar-refractivity contribution is 0.563. The third-order valence-electron chi connectivity index (χ3n) is 3.11. The third kappa shape index (κ3) is 4.37. The van der Waals surface area contributed by atoms with E-state index in [2.05, 4.69) is 83.6 Å². The number of hydrogen-bond acceptors (Lipinski definition) is 2. The maximum Gasteiger partial charge on any atom is 0.0303 e. The Labute approximate surface area is 134 Å². The lowest BCUT2D eigenvalue weighted by atomic mass is 10.1. The molecule has 0 fully saturated rings. The van der Waals surface area contributed by atoms with Crippen LogP contribution in [0.25, 0.3) is 0 Å². The predicted octanol–water partition coefficient (Wildman–Crippen LogP) is 5.66. The first-order chi connectivity index (χ1) is 9.70. The molecule has 0 saturated carbocycles. The second-order valence-electron chi connectivity index (χ2n) is 4.77. The Balaban J connectivity index is 2.24. The maximum absolute atomic E-state index is 3.58. The van der Waals surface area contributed by atoms with Crippen LogP contribution in [0.3, 0.4) is 0 Å². The van der Waals surface area contributed by atoms with Crippen molar-refractivity contribution in [3.63, 3.8) is 0 Å². The fourth-order valence-corrected chi connectivity index (χ4v) is 3.65. The van der Waals surface area contributed by atoms with Gasteiger partial charge in [-0.2, -0.15) is 0 Å². The van der Waals surface area contributed by atoms with Gasteiger partial charge in [-0.25, -0.2) is 0 Å². The number of halogens is 1. The molecule has 0 bridgehead atoms. The van der Waals surface area contributed by atoms with Crippen molar-refractivity contribution >= 4 is 27.7 Å². The molecule has 20 heavy (non-hydrogen) atoms. The van der Waals surface area contributed by atoms with Gasteiger partial charge in [0.25, 0.3) is 0 Å². The van der Waals surface area contributed by atoms with E-state index >= 15 is 0 Å². The van der Waals surface area contributed by atoms with Gasteiger partial charge in [0.2, 0.25) is 0 Å². The van der Waals surface area contributed by atoms with Crippen LogP contribution in [0.15, 0.2) is 62.8 Å². The molecular formula is C17H20BrNS. The average molecular weight is 350 g/mol. The molecule has 1 N–H and O–H groups in total. The second kappa shape index (κ2) is 7.87. The van der Waals surface area contributed by atoms with E-state index in [1.54, 1.807) is 0 Å². The summed E-state index contributed by atoms with van der Waals surface area (Å²) in [6.07, 6.45) is 1.15. The van der Waals surface area contributed by atoms with Crippen LogP contribution in [-0.4, -0.2) is 6.54 Å². The normalized spacial score (nSPS) is 12.3. The minimum Gasteiger partial charge on any atom is -0.310 e. The van der Waals surface area contributed by atoms with E-state index in [9.17, 15) is 0 Å². The summed E-state index contributed by atoms with van der Waals surface area (Å²) in [6.45, 7) is 5.47. The third-order valence-corrected chi connectivity index (χ3v) is 4.69. The highest BCUT2D eigenvalue weighted by Gasteiger charge is 2.11. The van der Waals surface area contributed by atoms with Crippen LogP contribution in [0.2, 0.25) is 0 Å². The Morgan fingerprint density at radius 2 is 1.90 bits per heavy atom. The lowest BCUT2D eigenvalue weighted by Gasteiger charge is -2.18. The van der Waals surface area contributed by atoms with Crippen molar-refractivity contribution in [2.75, 3.05) is 6.54 Å². The van der Waals surface area contributed by atoms with E-state index in [0.29, 0.717) is 6.04 Å². The van der Waals surface area contributed by atoms with Gasteiger partial charge in [-0.1, -0.05) is 58.9 Å². The number of rotatable bonds is 6. The molecule has 1 atom stereocenters. The van der Waals surface area contributed by atoms with Crippen LogP contribution < -0.4 is 5.32 Å². The van der Waals surface area contributed by atoms with Gasteiger partial charge < -0.3 is 5.32 Å². The first-order valence-corrected chi connectivity index (χ1v) is 8.57. The van der Waals surface area contributed by atoms with Crippen LogP contribution in [0.5, 0.6) is 0 Å². The Hall–Kier alpha value is -0.770. The number of hydrogen-bond donors (Lipinski definition) is 1. The maximum atomic E-state index is 3.58. The molecule has 3 heteroatoms. The summed E-state index contributed by atoms with van der Waals surface area (Å²) >= 11 is 5.40. The fourth-order valence-electron chi connectivity index (χ4n) is 2.04. The Morgan fingerprint density at radius 1 is 1.15 bits per heavy atom. The highest BCUT2D eigenvalue weighted by molar-refractivity contribution is 9.10. The van der Waals surface area contributed by atoms with E-state index in [0.717, 1.165) is 17.4 Å². The molecule has 1 unspecified atom stereocenters.